The maximum Gasteiger partial charge on any atom is 0.169 e. The van der Waals surface area contributed by atoms with Gasteiger partial charge in [-0.15, -0.1) is 0 Å². The lowest BCUT2D eigenvalue weighted by molar-refractivity contribution is -0.687. The average Bonchev–Trinajstić information content (AvgIpc) is 2.19. The predicted molar refractivity (Wildman–Crippen MR) is 55.3 cm³/mol. The Morgan fingerprint density at radius 2 is 1.79 bits per heavy atom. The summed E-state index contributed by atoms with van der Waals surface area (Å²) in [6, 6.07) is 6.15. The molecule has 0 fully saturated rings. The number of aromatic nitrogens is 1. The molecule has 0 N–H and O–H groups in total. The molecule has 0 aliphatic heterocycles. The molecule has 78 valence electrons. The molecule has 2 heteroatoms. The van der Waals surface area contributed by atoms with Crippen LogP contribution < -0.4 is 17.0 Å². The van der Waals surface area contributed by atoms with Gasteiger partial charge in [-0.25, -0.2) is 4.57 Å². The third-order valence-corrected chi connectivity index (χ3v) is 1.98. The summed E-state index contributed by atoms with van der Waals surface area (Å²) in [5.74, 6) is 0. The number of pyridine rings is 1. The lowest BCUT2D eigenvalue weighted by atomic mass is 10.2. The van der Waals surface area contributed by atoms with E-state index in [0.717, 1.165) is 6.54 Å². The quantitative estimate of drug-likeness (QED) is 0.359. The Morgan fingerprint density at radius 3 is 2.43 bits per heavy atom. The van der Waals surface area contributed by atoms with E-state index in [9.17, 15) is 0 Å². The Hall–Kier alpha value is -0.820. The van der Waals surface area contributed by atoms with Crippen molar-refractivity contribution >= 4 is 0 Å². The normalized spacial score (nSPS) is 10.1. The summed E-state index contributed by atoms with van der Waals surface area (Å²) in [6.45, 7) is 3.21. The molecule has 0 atom stereocenters. The van der Waals surface area contributed by atoms with Crippen LogP contribution in [0.2, 0.25) is 0 Å². The Balaban J connectivity index is 0.00000169. The van der Waals surface area contributed by atoms with Gasteiger partial charge in [0.1, 0.15) is 0 Å². The number of hydrogen-bond acceptors (Lipinski definition) is 0. The first-order valence-electron chi connectivity index (χ1n) is 5.02. The van der Waals surface area contributed by atoms with Crippen molar-refractivity contribution in [2.24, 2.45) is 0 Å². The van der Waals surface area contributed by atoms with Gasteiger partial charge in [0, 0.05) is 12.1 Å². The predicted octanol–water partition coefficient (Wildman–Crippen LogP) is -0.275. The first kappa shape index (κ1) is 13.2. The lowest BCUT2D eigenvalue weighted by Gasteiger charge is -1.90. The molecule has 1 nitrogen and oxygen atoms in total. The van der Waals surface area contributed by atoms with Crippen molar-refractivity contribution in [3.05, 3.63) is 42.7 Å². The highest BCUT2D eigenvalue weighted by molar-refractivity contribution is 4.84. The molecule has 0 bridgehead atoms. The first-order chi connectivity index (χ1) is 6.43. The standard InChI is InChI=1S/C12H18N.ClH/c1-2-3-4-5-7-10-13-11-8-6-9-12-13;/h5-9,11-12H,2-4,10H2,1H3;1H/q+1;/p-1. The van der Waals surface area contributed by atoms with Crippen LogP contribution >= 0.6 is 0 Å². The fourth-order valence-electron chi connectivity index (χ4n) is 1.19. The molecule has 0 amide bonds. The highest BCUT2D eigenvalue weighted by Crippen LogP contribution is 1.94. The Bertz CT molecular complexity index is 244. The average molecular weight is 212 g/mol. The van der Waals surface area contributed by atoms with E-state index in [1.165, 1.54) is 19.3 Å². The number of nitrogens with zero attached hydrogens (tertiary/aromatic N) is 1. The van der Waals surface area contributed by atoms with Crippen molar-refractivity contribution in [2.45, 2.75) is 32.7 Å². The van der Waals surface area contributed by atoms with Crippen LogP contribution in [0.25, 0.3) is 0 Å². The molecule has 0 radical (unpaired) electrons. The van der Waals surface area contributed by atoms with Crippen molar-refractivity contribution in [1.82, 2.24) is 0 Å². The zero-order valence-corrected chi connectivity index (χ0v) is 9.45. The summed E-state index contributed by atoms with van der Waals surface area (Å²) >= 11 is 0. The van der Waals surface area contributed by atoms with E-state index in [4.69, 9.17) is 0 Å². The second kappa shape index (κ2) is 8.76. The van der Waals surface area contributed by atoms with E-state index in [0.29, 0.717) is 0 Å². The summed E-state index contributed by atoms with van der Waals surface area (Å²) in [4.78, 5) is 0. The van der Waals surface area contributed by atoms with Crippen LogP contribution in [0.3, 0.4) is 0 Å². The van der Waals surface area contributed by atoms with Crippen LogP contribution in [0.1, 0.15) is 26.2 Å². The molecule has 1 heterocycles. The zero-order chi connectivity index (χ0) is 9.36. The topological polar surface area (TPSA) is 3.88 Å². The summed E-state index contributed by atoms with van der Waals surface area (Å²) in [7, 11) is 0. The van der Waals surface area contributed by atoms with E-state index in [1.807, 2.05) is 6.07 Å². The lowest BCUT2D eigenvalue weighted by Crippen LogP contribution is -3.00. The minimum atomic E-state index is 0. The summed E-state index contributed by atoms with van der Waals surface area (Å²) in [5.41, 5.74) is 0. The third kappa shape index (κ3) is 5.76. The fraction of sp³-hybridized carbons (Fsp3) is 0.417. The minimum Gasteiger partial charge on any atom is -1.00 e. The molecule has 1 rings (SSSR count). The molecule has 1 aromatic heterocycles. The minimum absolute atomic E-state index is 0. The molecule has 0 saturated heterocycles. The van der Waals surface area contributed by atoms with Crippen LogP contribution in [-0.4, -0.2) is 0 Å². The number of rotatable bonds is 5. The second-order valence-electron chi connectivity index (χ2n) is 3.19. The van der Waals surface area contributed by atoms with E-state index in [1.54, 1.807) is 0 Å². The van der Waals surface area contributed by atoms with Gasteiger partial charge in [0.25, 0.3) is 0 Å². The molecular formula is C12H18ClN. The van der Waals surface area contributed by atoms with Gasteiger partial charge in [-0.3, -0.25) is 0 Å². The molecule has 0 aromatic carbocycles. The Kier molecular flexibility index (Phi) is 8.25. The maximum atomic E-state index is 2.27. The molecule has 0 spiro atoms. The van der Waals surface area contributed by atoms with Gasteiger partial charge in [0.05, 0.1) is 0 Å². The monoisotopic (exact) mass is 211 g/mol. The van der Waals surface area contributed by atoms with Crippen molar-refractivity contribution in [3.63, 3.8) is 0 Å². The van der Waals surface area contributed by atoms with Crippen LogP contribution in [-0.2, 0) is 6.54 Å². The summed E-state index contributed by atoms with van der Waals surface area (Å²) in [5, 5.41) is 0. The van der Waals surface area contributed by atoms with E-state index in [-0.39, 0.29) is 12.4 Å². The molecule has 0 saturated carbocycles. The summed E-state index contributed by atoms with van der Waals surface area (Å²) < 4.78 is 2.17. The van der Waals surface area contributed by atoms with Gasteiger partial charge in [0.2, 0.25) is 0 Å². The van der Waals surface area contributed by atoms with Crippen LogP contribution in [0, 0.1) is 0 Å². The zero-order valence-electron chi connectivity index (χ0n) is 8.70. The fourth-order valence-corrected chi connectivity index (χ4v) is 1.19. The highest BCUT2D eigenvalue weighted by atomic mass is 35.5. The van der Waals surface area contributed by atoms with Crippen molar-refractivity contribution < 1.29 is 17.0 Å². The maximum absolute atomic E-state index is 2.27. The molecule has 0 aliphatic rings. The smallest absolute Gasteiger partial charge is 0.169 e. The Morgan fingerprint density at radius 1 is 1.07 bits per heavy atom. The highest BCUT2D eigenvalue weighted by Gasteiger charge is 1.90. The van der Waals surface area contributed by atoms with Gasteiger partial charge < -0.3 is 12.4 Å². The van der Waals surface area contributed by atoms with E-state index >= 15 is 0 Å². The number of allylic oxidation sites excluding steroid dienone is 2. The van der Waals surface area contributed by atoms with E-state index < -0.39 is 0 Å². The number of unbranched alkanes of at least 4 members (excludes halogenated alkanes) is 2. The van der Waals surface area contributed by atoms with Gasteiger partial charge in [-0.2, -0.15) is 0 Å². The molecule has 0 aliphatic carbocycles. The first-order valence-corrected chi connectivity index (χ1v) is 5.02. The molecule has 1 aromatic rings. The van der Waals surface area contributed by atoms with Crippen molar-refractivity contribution in [3.8, 4) is 0 Å². The van der Waals surface area contributed by atoms with Gasteiger partial charge >= 0.3 is 0 Å². The number of hydrogen-bond donors (Lipinski definition) is 0. The van der Waals surface area contributed by atoms with Crippen LogP contribution in [0.15, 0.2) is 42.7 Å². The SMILES string of the molecule is CCCCC=CC[n+]1ccccc1.[Cl-]. The molecule has 0 unspecified atom stereocenters. The summed E-state index contributed by atoms with van der Waals surface area (Å²) in [6.07, 6.45) is 12.5. The number of halogens is 1. The molecular weight excluding hydrogens is 194 g/mol. The van der Waals surface area contributed by atoms with Crippen molar-refractivity contribution in [1.29, 1.82) is 0 Å². The van der Waals surface area contributed by atoms with Gasteiger partial charge in [0.15, 0.2) is 18.9 Å². The van der Waals surface area contributed by atoms with Crippen LogP contribution in [0.5, 0.6) is 0 Å². The van der Waals surface area contributed by atoms with Gasteiger partial charge in [-0.05, 0) is 12.5 Å². The second-order valence-corrected chi connectivity index (χ2v) is 3.19. The van der Waals surface area contributed by atoms with Crippen molar-refractivity contribution in [2.75, 3.05) is 0 Å². The van der Waals surface area contributed by atoms with Crippen LogP contribution in [0.4, 0.5) is 0 Å². The Labute approximate surface area is 92.9 Å². The third-order valence-electron chi connectivity index (χ3n) is 1.98. The largest absolute Gasteiger partial charge is 1.00 e. The van der Waals surface area contributed by atoms with Gasteiger partial charge in [-0.1, -0.05) is 31.9 Å². The molecule has 14 heavy (non-hydrogen) atoms. The van der Waals surface area contributed by atoms with E-state index in [2.05, 4.69) is 48.2 Å².